The van der Waals surface area contributed by atoms with Crippen LogP contribution in [0.3, 0.4) is 0 Å². The van der Waals surface area contributed by atoms with Crippen molar-refractivity contribution in [3.63, 3.8) is 0 Å². The Bertz CT molecular complexity index is 438. The third-order valence-corrected chi connectivity index (χ3v) is 7.92. The van der Waals surface area contributed by atoms with E-state index in [0.717, 1.165) is 23.7 Å². The third kappa shape index (κ3) is 2.77. The van der Waals surface area contributed by atoms with E-state index < -0.39 is 0 Å². The van der Waals surface area contributed by atoms with E-state index in [2.05, 4.69) is 0 Å². The van der Waals surface area contributed by atoms with Gasteiger partial charge in [-0.2, -0.15) is 0 Å². The molecule has 128 valence electrons. The zero-order valence-electron chi connectivity index (χ0n) is 14.1. The van der Waals surface area contributed by atoms with Crippen LogP contribution in [0.15, 0.2) is 0 Å². The second-order valence-corrected chi connectivity index (χ2v) is 9.46. The summed E-state index contributed by atoms with van der Waals surface area (Å²) < 4.78 is 17.4. The van der Waals surface area contributed by atoms with Gasteiger partial charge in [0.2, 0.25) is 0 Å². The van der Waals surface area contributed by atoms with E-state index in [1.807, 2.05) is 0 Å². The molecule has 0 radical (unpaired) electrons. The fourth-order valence-electron chi connectivity index (χ4n) is 6.41. The fraction of sp³-hybridized carbons (Fsp3) is 1.00. The smallest absolute Gasteiger partial charge is 0.0844 e. The van der Waals surface area contributed by atoms with Gasteiger partial charge in [0.05, 0.1) is 36.6 Å². The molecular formula is C20H30O3. The number of epoxide rings is 3. The second kappa shape index (κ2) is 5.19. The number of ether oxygens (including phenoxy) is 3. The van der Waals surface area contributed by atoms with Crippen LogP contribution < -0.4 is 0 Å². The summed E-state index contributed by atoms with van der Waals surface area (Å²) in [4.78, 5) is 0. The number of fused-ring (bicyclic) bond motifs is 3. The molecule has 6 fully saturated rings. The van der Waals surface area contributed by atoms with Crippen molar-refractivity contribution in [3.8, 4) is 0 Å². The quantitative estimate of drug-likeness (QED) is 0.742. The molecule has 3 saturated heterocycles. The lowest BCUT2D eigenvalue weighted by atomic mass is 9.68. The van der Waals surface area contributed by atoms with Gasteiger partial charge in [0, 0.05) is 0 Å². The Balaban J connectivity index is 1.10. The zero-order chi connectivity index (χ0) is 15.0. The van der Waals surface area contributed by atoms with Crippen molar-refractivity contribution < 1.29 is 14.2 Å². The average Bonchev–Trinajstić information content (AvgIpc) is 3.39. The minimum Gasteiger partial charge on any atom is -0.370 e. The topological polar surface area (TPSA) is 37.6 Å². The largest absolute Gasteiger partial charge is 0.370 e. The molecule has 0 amide bonds. The molecule has 0 aromatic rings. The van der Waals surface area contributed by atoms with Crippen LogP contribution in [0.1, 0.15) is 64.2 Å². The highest BCUT2D eigenvalue weighted by molar-refractivity contribution is 5.00. The summed E-state index contributed by atoms with van der Waals surface area (Å²) in [6.07, 6.45) is 17.7. The molecule has 3 aliphatic heterocycles. The van der Waals surface area contributed by atoms with Crippen molar-refractivity contribution in [2.75, 3.05) is 0 Å². The average molecular weight is 318 g/mol. The summed E-state index contributed by atoms with van der Waals surface area (Å²) in [6, 6.07) is 0. The van der Waals surface area contributed by atoms with E-state index in [1.165, 1.54) is 64.2 Å². The van der Waals surface area contributed by atoms with E-state index in [1.54, 1.807) is 0 Å². The molecule has 3 aliphatic carbocycles. The van der Waals surface area contributed by atoms with Gasteiger partial charge in [0.25, 0.3) is 0 Å². The number of rotatable bonds is 4. The summed E-state index contributed by atoms with van der Waals surface area (Å²) in [5.41, 5.74) is 0. The predicted molar refractivity (Wildman–Crippen MR) is 86.1 cm³/mol. The first-order chi connectivity index (χ1) is 11.3. The van der Waals surface area contributed by atoms with Gasteiger partial charge in [-0.05, 0) is 87.9 Å². The standard InChI is InChI=1S/C20H30O3/c1-3-15-17(21-15)7-11(1)5-13-9-19-20(23-19)10-14(13)6-12-2-4-16-18(8-12)22-16/h11-20H,1-10H2. The molecule has 10 atom stereocenters. The van der Waals surface area contributed by atoms with Crippen molar-refractivity contribution in [2.24, 2.45) is 23.7 Å². The fourth-order valence-corrected chi connectivity index (χ4v) is 6.41. The highest BCUT2D eigenvalue weighted by atomic mass is 16.6. The van der Waals surface area contributed by atoms with Gasteiger partial charge < -0.3 is 14.2 Å². The molecule has 0 spiro atoms. The summed E-state index contributed by atoms with van der Waals surface area (Å²) in [7, 11) is 0. The van der Waals surface area contributed by atoms with Crippen LogP contribution in [0, 0.1) is 23.7 Å². The van der Waals surface area contributed by atoms with Crippen LogP contribution in [-0.2, 0) is 14.2 Å². The second-order valence-electron chi connectivity index (χ2n) is 9.46. The minimum absolute atomic E-state index is 0.632. The Kier molecular flexibility index (Phi) is 3.18. The Morgan fingerprint density at radius 2 is 0.913 bits per heavy atom. The number of hydrogen-bond donors (Lipinski definition) is 0. The molecule has 3 nitrogen and oxygen atoms in total. The van der Waals surface area contributed by atoms with Crippen molar-refractivity contribution >= 4 is 0 Å². The molecule has 6 aliphatic rings. The van der Waals surface area contributed by atoms with Crippen molar-refractivity contribution in [1.29, 1.82) is 0 Å². The van der Waals surface area contributed by atoms with Gasteiger partial charge in [0.1, 0.15) is 0 Å². The monoisotopic (exact) mass is 318 g/mol. The van der Waals surface area contributed by atoms with Gasteiger partial charge in [-0.1, -0.05) is 0 Å². The van der Waals surface area contributed by atoms with Crippen LogP contribution in [0.2, 0.25) is 0 Å². The molecule has 0 bridgehead atoms. The highest BCUT2D eigenvalue weighted by Crippen LogP contribution is 2.51. The van der Waals surface area contributed by atoms with E-state index in [0.29, 0.717) is 36.6 Å². The van der Waals surface area contributed by atoms with Crippen molar-refractivity contribution in [1.82, 2.24) is 0 Å². The normalized spacial score (nSPS) is 59.5. The maximum atomic E-state index is 5.93. The summed E-state index contributed by atoms with van der Waals surface area (Å²) >= 11 is 0. The Morgan fingerprint density at radius 1 is 0.478 bits per heavy atom. The van der Waals surface area contributed by atoms with E-state index in [4.69, 9.17) is 14.2 Å². The molecule has 0 aromatic heterocycles. The first-order valence-electron chi connectivity index (χ1n) is 10.3. The molecule has 3 saturated carbocycles. The van der Waals surface area contributed by atoms with E-state index >= 15 is 0 Å². The van der Waals surface area contributed by atoms with Crippen LogP contribution >= 0.6 is 0 Å². The Labute approximate surface area is 139 Å². The van der Waals surface area contributed by atoms with Crippen LogP contribution in [0.4, 0.5) is 0 Å². The minimum atomic E-state index is 0.632. The first-order valence-corrected chi connectivity index (χ1v) is 10.3. The van der Waals surface area contributed by atoms with Crippen molar-refractivity contribution in [3.05, 3.63) is 0 Å². The molecule has 0 N–H and O–H groups in total. The van der Waals surface area contributed by atoms with Gasteiger partial charge >= 0.3 is 0 Å². The van der Waals surface area contributed by atoms with Gasteiger partial charge in [0.15, 0.2) is 0 Å². The molecular weight excluding hydrogens is 288 g/mol. The molecule has 0 aromatic carbocycles. The van der Waals surface area contributed by atoms with Crippen LogP contribution in [0.5, 0.6) is 0 Å². The summed E-state index contributed by atoms with van der Waals surface area (Å²) in [6.45, 7) is 0. The highest BCUT2D eigenvalue weighted by Gasteiger charge is 2.51. The predicted octanol–water partition coefficient (Wildman–Crippen LogP) is 3.70. The zero-order valence-corrected chi connectivity index (χ0v) is 14.1. The van der Waals surface area contributed by atoms with Crippen LogP contribution in [0.25, 0.3) is 0 Å². The maximum Gasteiger partial charge on any atom is 0.0844 e. The van der Waals surface area contributed by atoms with Gasteiger partial charge in [-0.15, -0.1) is 0 Å². The van der Waals surface area contributed by atoms with E-state index in [-0.39, 0.29) is 0 Å². The summed E-state index contributed by atoms with van der Waals surface area (Å²) in [5.74, 6) is 3.72. The van der Waals surface area contributed by atoms with Crippen LogP contribution in [-0.4, -0.2) is 36.6 Å². The molecule has 3 heterocycles. The number of hydrogen-bond acceptors (Lipinski definition) is 3. The molecule has 6 rings (SSSR count). The third-order valence-electron chi connectivity index (χ3n) is 7.92. The molecule has 23 heavy (non-hydrogen) atoms. The summed E-state index contributed by atoms with van der Waals surface area (Å²) in [5, 5.41) is 0. The van der Waals surface area contributed by atoms with Gasteiger partial charge in [-0.25, -0.2) is 0 Å². The first kappa shape index (κ1) is 14.1. The maximum absolute atomic E-state index is 5.93. The lowest BCUT2D eigenvalue weighted by molar-refractivity contribution is 0.160. The lowest BCUT2D eigenvalue weighted by Crippen LogP contribution is -2.30. The lowest BCUT2D eigenvalue weighted by Gasteiger charge is -2.35. The molecule has 10 unspecified atom stereocenters. The van der Waals surface area contributed by atoms with Crippen molar-refractivity contribution in [2.45, 2.75) is 101 Å². The SMILES string of the molecule is C1CC2OC2CC1CC1CC2OC2CC1CC1CCC2OC2C1. The Hall–Kier alpha value is -0.120. The molecule has 3 heteroatoms. The van der Waals surface area contributed by atoms with E-state index in [9.17, 15) is 0 Å². The Morgan fingerprint density at radius 3 is 1.39 bits per heavy atom. The van der Waals surface area contributed by atoms with Gasteiger partial charge in [-0.3, -0.25) is 0 Å².